The van der Waals surface area contributed by atoms with E-state index in [1.807, 2.05) is 18.2 Å². The predicted molar refractivity (Wildman–Crippen MR) is 74.7 cm³/mol. The summed E-state index contributed by atoms with van der Waals surface area (Å²) in [5.41, 5.74) is 0.699. The monoisotopic (exact) mass is 287 g/mol. The molecule has 2 aliphatic carbocycles. The van der Waals surface area contributed by atoms with E-state index in [0.29, 0.717) is 11.4 Å². The Hall–Kier alpha value is -2.04. The predicted octanol–water partition coefficient (Wildman–Crippen LogP) is 1.83. The van der Waals surface area contributed by atoms with Gasteiger partial charge in [0.15, 0.2) is 0 Å². The van der Waals surface area contributed by atoms with Crippen molar-refractivity contribution in [3.05, 3.63) is 24.3 Å². The van der Waals surface area contributed by atoms with Crippen molar-refractivity contribution >= 4 is 17.6 Å². The summed E-state index contributed by atoms with van der Waals surface area (Å²) in [5, 5.41) is 2.92. The van der Waals surface area contributed by atoms with Gasteiger partial charge in [-0.15, -0.1) is 0 Å². The zero-order valence-electron chi connectivity index (χ0n) is 11.7. The normalized spacial score (nSPS) is 35.7. The Morgan fingerprint density at radius 1 is 1.38 bits per heavy atom. The number of ether oxygens (including phenoxy) is 2. The molecule has 0 spiro atoms. The summed E-state index contributed by atoms with van der Waals surface area (Å²) in [6, 6.07) is 7.26. The minimum Gasteiger partial charge on any atom is -0.497 e. The molecule has 1 aromatic rings. The molecule has 2 bridgehead atoms. The fraction of sp³-hybridized carbons (Fsp3) is 0.500. The highest BCUT2D eigenvalue weighted by Crippen LogP contribution is 2.57. The molecule has 21 heavy (non-hydrogen) atoms. The number of anilines is 1. The third kappa shape index (κ3) is 1.83. The van der Waals surface area contributed by atoms with E-state index in [4.69, 9.17) is 9.47 Å². The number of hydrogen-bond acceptors (Lipinski definition) is 4. The highest BCUT2D eigenvalue weighted by molar-refractivity contribution is 5.97. The average Bonchev–Trinajstić information content (AvgIpc) is 3.08. The molecule has 1 heterocycles. The van der Waals surface area contributed by atoms with Crippen LogP contribution in [0, 0.1) is 23.7 Å². The molecule has 110 valence electrons. The van der Waals surface area contributed by atoms with Gasteiger partial charge in [-0.2, -0.15) is 0 Å². The first-order chi connectivity index (χ1) is 10.2. The van der Waals surface area contributed by atoms with Crippen LogP contribution in [-0.2, 0) is 14.3 Å². The van der Waals surface area contributed by atoms with E-state index in [0.717, 1.165) is 12.8 Å². The SMILES string of the molecule is COc1cccc(NC(=O)[C@H]2[C@H]3C[C@@H]4[C@@H]2C(=O)O[C@@H]4C3)c1. The topological polar surface area (TPSA) is 64.6 Å². The molecule has 1 amide bonds. The van der Waals surface area contributed by atoms with E-state index in [2.05, 4.69) is 5.32 Å². The van der Waals surface area contributed by atoms with Gasteiger partial charge in [0.2, 0.25) is 5.91 Å². The van der Waals surface area contributed by atoms with Gasteiger partial charge in [0.1, 0.15) is 11.9 Å². The molecule has 3 fully saturated rings. The van der Waals surface area contributed by atoms with Crippen LogP contribution in [0.2, 0.25) is 0 Å². The van der Waals surface area contributed by atoms with Crippen LogP contribution in [-0.4, -0.2) is 25.1 Å². The molecule has 5 atom stereocenters. The van der Waals surface area contributed by atoms with Crippen LogP contribution < -0.4 is 10.1 Å². The van der Waals surface area contributed by atoms with E-state index in [1.165, 1.54) is 0 Å². The average molecular weight is 287 g/mol. The number of carbonyl (C=O) groups is 2. The fourth-order valence-electron chi connectivity index (χ4n) is 4.29. The van der Waals surface area contributed by atoms with Gasteiger partial charge in [0.25, 0.3) is 0 Å². The Balaban J connectivity index is 1.54. The smallest absolute Gasteiger partial charge is 0.310 e. The number of nitrogens with one attached hydrogen (secondary N) is 1. The minimum atomic E-state index is -0.243. The number of fused-ring (bicyclic) bond motifs is 1. The maximum absolute atomic E-state index is 12.6. The van der Waals surface area contributed by atoms with Crippen molar-refractivity contribution < 1.29 is 19.1 Å². The summed E-state index contributed by atoms with van der Waals surface area (Å²) >= 11 is 0. The van der Waals surface area contributed by atoms with Gasteiger partial charge in [-0.3, -0.25) is 9.59 Å². The van der Waals surface area contributed by atoms with Gasteiger partial charge in [0.05, 0.1) is 18.9 Å². The van der Waals surface area contributed by atoms with Crippen LogP contribution in [0.1, 0.15) is 12.8 Å². The van der Waals surface area contributed by atoms with Gasteiger partial charge in [-0.25, -0.2) is 0 Å². The lowest BCUT2D eigenvalue weighted by molar-refractivity contribution is -0.145. The van der Waals surface area contributed by atoms with Crippen molar-refractivity contribution in [2.75, 3.05) is 12.4 Å². The van der Waals surface area contributed by atoms with Gasteiger partial charge >= 0.3 is 5.97 Å². The molecule has 0 unspecified atom stereocenters. The van der Waals surface area contributed by atoms with Crippen molar-refractivity contribution in [3.8, 4) is 5.75 Å². The van der Waals surface area contributed by atoms with Crippen LogP contribution in [0.15, 0.2) is 24.3 Å². The highest BCUT2D eigenvalue weighted by atomic mass is 16.6. The summed E-state index contributed by atoms with van der Waals surface area (Å²) in [7, 11) is 1.59. The number of carbonyl (C=O) groups excluding carboxylic acids is 2. The molecule has 2 saturated carbocycles. The Morgan fingerprint density at radius 2 is 2.24 bits per heavy atom. The largest absolute Gasteiger partial charge is 0.497 e. The number of esters is 1. The second-order valence-electron chi connectivity index (χ2n) is 6.14. The summed E-state index contributed by atoms with van der Waals surface area (Å²) in [6.07, 6.45) is 1.84. The van der Waals surface area contributed by atoms with E-state index < -0.39 is 0 Å². The van der Waals surface area contributed by atoms with Gasteiger partial charge in [0, 0.05) is 17.7 Å². The highest BCUT2D eigenvalue weighted by Gasteiger charge is 2.63. The molecule has 3 aliphatic rings. The summed E-state index contributed by atoms with van der Waals surface area (Å²) in [6.45, 7) is 0. The summed E-state index contributed by atoms with van der Waals surface area (Å²) < 4.78 is 10.5. The number of amides is 1. The quantitative estimate of drug-likeness (QED) is 0.861. The molecule has 1 saturated heterocycles. The first-order valence-electron chi connectivity index (χ1n) is 7.33. The Morgan fingerprint density at radius 3 is 3.05 bits per heavy atom. The summed E-state index contributed by atoms with van der Waals surface area (Å²) in [5.74, 6) is 0.493. The second-order valence-corrected chi connectivity index (χ2v) is 6.14. The van der Waals surface area contributed by atoms with Crippen molar-refractivity contribution in [1.82, 2.24) is 0 Å². The van der Waals surface area contributed by atoms with E-state index in [1.54, 1.807) is 13.2 Å². The van der Waals surface area contributed by atoms with Gasteiger partial charge in [-0.05, 0) is 30.9 Å². The summed E-state index contributed by atoms with van der Waals surface area (Å²) in [4.78, 5) is 24.5. The first-order valence-corrected chi connectivity index (χ1v) is 7.33. The molecule has 1 aromatic carbocycles. The standard InChI is InChI=1S/C16H17NO4/c1-20-10-4-2-3-9(7-10)17-15(18)13-8-5-11-12(6-8)21-16(19)14(11)13/h2-4,7-8,11-14H,5-6H2,1H3,(H,17,18)/t8-,11-,12+,13-,14-/m0/s1. The lowest BCUT2D eigenvalue weighted by Crippen LogP contribution is -2.35. The molecule has 0 radical (unpaired) electrons. The molecule has 1 aliphatic heterocycles. The molecule has 1 N–H and O–H groups in total. The minimum absolute atomic E-state index is 0.0633. The lowest BCUT2D eigenvalue weighted by Gasteiger charge is -2.23. The Kier molecular flexibility index (Phi) is 2.71. The molecule has 0 aromatic heterocycles. The van der Waals surface area contributed by atoms with Crippen molar-refractivity contribution in [3.63, 3.8) is 0 Å². The maximum Gasteiger partial charge on any atom is 0.310 e. The zero-order chi connectivity index (χ0) is 14.6. The third-order valence-electron chi connectivity index (χ3n) is 5.12. The first kappa shape index (κ1) is 12.7. The van der Waals surface area contributed by atoms with Crippen LogP contribution in [0.25, 0.3) is 0 Å². The number of rotatable bonds is 3. The molecule has 4 rings (SSSR count). The van der Waals surface area contributed by atoms with E-state index in [-0.39, 0.29) is 41.7 Å². The zero-order valence-corrected chi connectivity index (χ0v) is 11.7. The number of benzene rings is 1. The number of hydrogen-bond donors (Lipinski definition) is 1. The molecular weight excluding hydrogens is 270 g/mol. The van der Waals surface area contributed by atoms with Crippen LogP contribution in [0.5, 0.6) is 5.75 Å². The van der Waals surface area contributed by atoms with Crippen molar-refractivity contribution in [2.45, 2.75) is 18.9 Å². The van der Waals surface area contributed by atoms with Crippen molar-refractivity contribution in [1.29, 1.82) is 0 Å². The third-order valence-corrected chi connectivity index (χ3v) is 5.12. The molecular formula is C16H17NO4. The Labute approximate surface area is 122 Å². The van der Waals surface area contributed by atoms with E-state index in [9.17, 15) is 9.59 Å². The molecule has 5 heteroatoms. The van der Waals surface area contributed by atoms with Gasteiger partial charge < -0.3 is 14.8 Å². The lowest BCUT2D eigenvalue weighted by atomic mass is 9.79. The van der Waals surface area contributed by atoms with Crippen molar-refractivity contribution in [2.24, 2.45) is 23.7 Å². The fourth-order valence-corrected chi connectivity index (χ4v) is 4.29. The Bertz CT molecular complexity index is 612. The molecule has 5 nitrogen and oxygen atoms in total. The van der Waals surface area contributed by atoms with Crippen LogP contribution in [0.4, 0.5) is 5.69 Å². The van der Waals surface area contributed by atoms with Crippen LogP contribution in [0.3, 0.4) is 0 Å². The van der Waals surface area contributed by atoms with E-state index >= 15 is 0 Å². The number of methoxy groups -OCH3 is 1. The second kappa shape index (κ2) is 4.48. The maximum atomic E-state index is 12.6. The van der Waals surface area contributed by atoms with Gasteiger partial charge in [-0.1, -0.05) is 6.07 Å². The van der Waals surface area contributed by atoms with Crippen LogP contribution >= 0.6 is 0 Å².